The van der Waals surface area contributed by atoms with E-state index in [1.54, 1.807) is 19.1 Å². The quantitative estimate of drug-likeness (QED) is 0.727. The molecule has 162 valence electrons. The standard InChI is InChI=1S/C22H28N2O5S/c1-4-29-20-9-7-18(8-10-20)17(3)23-22(25)19-6-5-16(2)21(15-19)30(26,27)24-11-13-28-14-12-24/h5-10,15,17H,4,11-14H2,1-3H3,(H,23,25). The Kier molecular flexibility index (Phi) is 7.12. The lowest BCUT2D eigenvalue weighted by atomic mass is 10.1. The summed E-state index contributed by atoms with van der Waals surface area (Å²) in [5.41, 5.74) is 1.85. The molecule has 3 rings (SSSR count). The Morgan fingerprint density at radius 3 is 2.47 bits per heavy atom. The number of sulfonamides is 1. The number of aryl methyl sites for hydroxylation is 1. The van der Waals surface area contributed by atoms with E-state index in [4.69, 9.17) is 9.47 Å². The van der Waals surface area contributed by atoms with Crippen molar-refractivity contribution in [1.29, 1.82) is 0 Å². The minimum atomic E-state index is -3.68. The fourth-order valence-electron chi connectivity index (χ4n) is 3.33. The average Bonchev–Trinajstić information content (AvgIpc) is 2.75. The molecule has 1 fully saturated rings. The predicted octanol–water partition coefficient (Wildman–Crippen LogP) is 2.91. The summed E-state index contributed by atoms with van der Waals surface area (Å²) in [6.45, 7) is 7.50. The van der Waals surface area contributed by atoms with E-state index < -0.39 is 10.0 Å². The lowest BCUT2D eigenvalue weighted by molar-refractivity contribution is 0.0730. The van der Waals surface area contributed by atoms with E-state index in [0.717, 1.165) is 11.3 Å². The van der Waals surface area contributed by atoms with Crippen LogP contribution in [0.25, 0.3) is 0 Å². The van der Waals surface area contributed by atoms with Crippen molar-refractivity contribution in [2.24, 2.45) is 0 Å². The Bertz CT molecular complexity index is 983. The molecule has 1 N–H and O–H groups in total. The van der Waals surface area contributed by atoms with Crippen molar-refractivity contribution in [3.8, 4) is 5.75 Å². The molecule has 1 heterocycles. The van der Waals surface area contributed by atoms with Gasteiger partial charge in [0.2, 0.25) is 10.0 Å². The van der Waals surface area contributed by atoms with E-state index >= 15 is 0 Å². The van der Waals surface area contributed by atoms with Crippen LogP contribution in [0.3, 0.4) is 0 Å². The number of nitrogens with one attached hydrogen (secondary N) is 1. The summed E-state index contributed by atoms with van der Waals surface area (Å²) in [5, 5.41) is 2.93. The first-order chi connectivity index (χ1) is 14.3. The van der Waals surface area contributed by atoms with E-state index in [0.29, 0.717) is 44.0 Å². The van der Waals surface area contributed by atoms with Gasteiger partial charge in [0.05, 0.1) is 30.8 Å². The van der Waals surface area contributed by atoms with Gasteiger partial charge in [-0.25, -0.2) is 8.42 Å². The minimum Gasteiger partial charge on any atom is -0.494 e. The van der Waals surface area contributed by atoms with Gasteiger partial charge < -0.3 is 14.8 Å². The maximum atomic E-state index is 13.0. The van der Waals surface area contributed by atoms with Crippen molar-refractivity contribution in [3.63, 3.8) is 0 Å². The van der Waals surface area contributed by atoms with Crippen LogP contribution in [-0.2, 0) is 14.8 Å². The first kappa shape index (κ1) is 22.3. The molecule has 1 aliphatic rings. The van der Waals surface area contributed by atoms with E-state index in [1.807, 2.05) is 38.1 Å². The fourth-order valence-corrected chi connectivity index (χ4v) is 4.99. The van der Waals surface area contributed by atoms with Crippen LogP contribution in [-0.4, -0.2) is 51.5 Å². The van der Waals surface area contributed by atoms with Gasteiger partial charge in [-0.2, -0.15) is 4.31 Å². The summed E-state index contributed by atoms with van der Waals surface area (Å²) in [5.74, 6) is 0.450. The Hall–Kier alpha value is -2.42. The van der Waals surface area contributed by atoms with E-state index in [1.165, 1.54) is 10.4 Å². The van der Waals surface area contributed by atoms with Gasteiger partial charge in [-0.1, -0.05) is 18.2 Å². The topological polar surface area (TPSA) is 84.9 Å². The molecule has 30 heavy (non-hydrogen) atoms. The number of nitrogens with zero attached hydrogens (tertiary/aromatic N) is 1. The predicted molar refractivity (Wildman–Crippen MR) is 114 cm³/mol. The van der Waals surface area contributed by atoms with Crippen LogP contribution in [0.2, 0.25) is 0 Å². The molecule has 2 aromatic carbocycles. The lowest BCUT2D eigenvalue weighted by Crippen LogP contribution is -2.41. The van der Waals surface area contributed by atoms with E-state index in [9.17, 15) is 13.2 Å². The first-order valence-corrected chi connectivity index (χ1v) is 11.5. The van der Waals surface area contributed by atoms with Crippen molar-refractivity contribution in [2.75, 3.05) is 32.9 Å². The summed E-state index contributed by atoms with van der Waals surface area (Å²) < 4.78 is 38.2. The summed E-state index contributed by atoms with van der Waals surface area (Å²) in [4.78, 5) is 13.0. The molecule has 7 nitrogen and oxygen atoms in total. The second-order valence-electron chi connectivity index (χ2n) is 7.19. The summed E-state index contributed by atoms with van der Waals surface area (Å²) in [7, 11) is -3.68. The molecule has 1 unspecified atom stereocenters. The van der Waals surface area contributed by atoms with Crippen LogP contribution in [0.4, 0.5) is 0 Å². The monoisotopic (exact) mass is 432 g/mol. The first-order valence-electron chi connectivity index (χ1n) is 10.0. The number of morpholine rings is 1. The number of carbonyl (C=O) groups excluding carboxylic acids is 1. The zero-order valence-corrected chi connectivity index (χ0v) is 18.4. The highest BCUT2D eigenvalue weighted by atomic mass is 32.2. The smallest absolute Gasteiger partial charge is 0.251 e. The van der Waals surface area contributed by atoms with Gasteiger partial charge in [0.1, 0.15) is 5.75 Å². The summed E-state index contributed by atoms with van der Waals surface area (Å²) >= 11 is 0. The zero-order valence-electron chi connectivity index (χ0n) is 17.6. The summed E-state index contributed by atoms with van der Waals surface area (Å²) in [6, 6.07) is 12.1. The third-order valence-electron chi connectivity index (χ3n) is 5.08. The second-order valence-corrected chi connectivity index (χ2v) is 9.10. The van der Waals surface area contributed by atoms with Crippen molar-refractivity contribution in [1.82, 2.24) is 9.62 Å². The number of benzene rings is 2. The Balaban J connectivity index is 1.77. The normalized spacial score (nSPS) is 16.1. The van der Waals surface area contributed by atoms with Crippen LogP contribution in [0, 0.1) is 6.92 Å². The maximum absolute atomic E-state index is 13.0. The van der Waals surface area contributed by atoms with Gasteiger partial charge in [-0.3, -0.25) is 4.79 Å². The zero-order chi connectivity index (χ0) is 21.7. The average molecular weight is 433 g/mol. The van der Waals surface area contributed by atoms with Gasteiger partial charge in [0.15, 0.2) is 0 Å². The molecule has 8 heteroatoms. The number of ether oxygens (including phenoxy) is 2. The Labute approximate surface area is 178 Å². The molecule has 0 bridgehead atoms. The molecular formula is C22H28N2O5S. The molecule has 1 aliphatic heterocycles. The molecule has 0 spiro atoms. The van der Waals surface area contributed by atoms with Crippen molar-refractivity contribution < 1.29 is 22.7 Å². The number of hydrogen-bond donors (Lipinski definition) is 1. The Morgan fingerprint density at radius 2 is 1.83 bits per heavy atom. The van der Waals surface area contributed by atoms with E-state index in [-0.39, 0.29) is 16.8 Å². The van der Waals surface area contributed by atoms with Crippen LogP contribution in [0.15, 0.2) is 47.4 Å². The highest BCUT2D eigenvalue weighted by Gasteiger charge is 2.28. The SMILES string of the molecule is CCOc1ccc(C(C)NC(=O)c2ccc(C)c(S(=O)(=O)N3CCOCC3)c2)cc1. The van der Waals surface area contributed by atoms with Crippen molar-refractivity contribution >= 4 is 15.9 Å². The highest BCUT2D eigenvalue weighted by Crippen LogP contribution is 2.23. The molecule has 0 aliphatic carbocycles. The van der Waals surface area contributed by atoms with Crippen LogP contribution < -0.4 is 10.1 Å². The molecule has 0 saturated carbocycles. The largest absolute Gasteiger partial charge is 0.494 e. The van der Waals surface area contributed by atoms with E-state index in [2.05, 4.69) is 5.32 Å². The molecule has 0 radical (unpaired) electrons. The number of carbonyl (C=O) groups is 1. The Morgan fingerprint density at radius 1 is 1.17 bits per heavy atom. The molecule has 0 aromatic heterocycles. The van der Waals surface area contributed by atoms with Gasteiger partial charge in [0, 0.05) is 18.7 Å². The number of rotatable bonds is 7. The van der Waals surface area contributed by atoms with Crippen molar-refractivity contribution in [3.05, 3.63) is 59.2 Å². The van der Waals surface area contributed by atoms with Crippen LogP contribution in [0.1, 0.15) is 41.4 Å². The van der Waals surface area contributed by atoms with Crippen molar-refractivity contribution in [2.45, 2.75) is 31.7 Å². The van der Waals surface area contributed by atoms with Gasteiger partial charge in [0.25, 0.3) is 5.91 Å². The van der Waals surface area contributed by atoms with Crippen LogP contribution in [0.5, 0.6) is 5.75 Å². The number of hydrogen-bond acceptors (Lipinski definition) is 5. The third-order valence-corrected chi connectivity index (χ3v) is 7.12. The second kappa shape index (κ2) is 9.59. The molecule has 1 atom stereocenters. The molecule has 1 amide bonds. The molecule has 1 saturated heterocycles. The highest BCUT2D eigenvalue weighted by molar-refractivity contribution is 7.89. The lowest BCUT2D eigenvalue weighted by Gasteiger charge is -2.26. The van der Waals surface area contributed by atoms with Crippen LogP contribution >= 0.6 is 0 Å². The van der Waals surface area contributed by atoms with Gasteiger partial charge in [-0.05, 0) is 56.2 Å². The molecule has 2 aromatic rings. The summed E-state index contributed by atoms with van der Waals surface area (Å²) in [6.07, 6.45) is 0. The number of amides is 1. The minimum absolute atomic E-state index is 0.158. The maximum Gasteiger partial charge on any atom is 0.251 e. The van der Waals surface area contributed by atoms with Gasteiger partial charge >= 0.3 is 0 Å². The molecular weight excluding hydrogens is 404 g/mol. The fraction of sp³-hybridized carbons (Fsp3) is 0.409. The third kappa shape index (κ3) is 5.00. The van der Waals surface area contributed by atoms with Gasteiger partial charge in [-0.15, -0.1) is 0 Å².